The van der Waals surface area contributed by atoms with E-state index >= 15 is 0 Å². The number of aromatic nitrogens is 2. The number of hydrogen-bond acceptors (Lipinski definition) is 3. The van der Waals surface area contributed by atoms with Crippen molar-refractivity contribution >= 4 is 5.78 Å². The molecule has 2 aromatic rings. The van der Waals surface area contributed by atoms with Crippen LogP contribution in [0.3, 0.4) is 0 Å². The molecule has 0 amide bonds. The SMILES string of the molecule is CC(C)(C)CCCC(=O)c1ccc(-c2cncnc2)cc1. The summed E-state index contributed by atoms with van der Waals surface area (Å²) in [4.78, 5) is 20.2. The summed E-state index contributed by atoms with van der Waals surface area (Å²) in [5.74, 6) is 0.218. The van der Waals surface area contributed by atoms with Crippen LogP contribution in [-0.4, -0.2) is 15.8 Å². The van der Waals surface area contributed by atoms with Gasteiger partial charge in [0.1, 0.15) is 6.33 Å². The highest BCUT2D eigenvalue weighted by Gasteiger charge is 2.12. The Hall–Kier alpha value is -2.03. The number of ketones is 1. The predicted molar refractivity (Wildman–Crippen MR) is 85.1 cm³/mol. The minimum absolute atomic E-state index is 0.218. The second-order valence-electron chi connectivity index (χ2n) is 6.54. The summed E-state index contributed by atoms with van der Waals surface area (Å²) >= 11 is 0. The highest BCUT2D eigenvalue weighted by molar-refractivity contribution is 5.96. The summed E-state index contributed by atoms with van der Waals surface area (Å²) in [6.07, 6.45) is 7.68. The summed E-state index contributed by atoms with van der Waals surface area (Å²) in [7, 11) is 0. The van der Waals surface area contributed by atoms with Crippen molar-refractivity contribution in [3.63, 3.8) is 0 Å². The van der Waals surface area contributed by atoms with E-state index in [9.17, 15) is 4.79 Å². The summed E-state index contributed by atoms with van der Waals surface area (Å²) in [5, 5.41) is 0. The Kier molecular flexibility index (Phi) is 4.84. The largest absolute Gasteiger partial charge is 0.294 e. The highest BCUT2D eigenvalue weighted by atomic mass is 16.1. The van der Waals surface area contributed by atoms with Gasteiger partial charge >= 0.3 is 0 Å². The maximum absolute atomic E-state index is 12.2. The second-order valence-corrected chi connectivity index (χ2v) is 6.54. The molecule has 0 bridgehead atoms. The first-order chi connectivity index (χ1) is 9.96. The molecule has 2 rings (SSSR count). The zero-order valence-electron chi connectivity index (χ0n) is 13.0. The van der Waals surface area contributed by atoms with Gasteiger partial charge in [-0.3, -0.25) is 4.79 Å². The third kappa shape index (κ3) is 4.78. The Morgan fingerprint density at radius 3 is 2.19 bits per heavy atom. The second kappa shape index (κ2) is 6.61. The average Bonchev–Trinajstić information content (AvgIpc) is 2.47. The first-order valence-corrected chi connectivity index (χ1v) is 7.34. The molecule has 0 spiro atoms. The van der Waals surface area contributed by atoms with Crippen molar-refractivity contribution in [2.24, 2.45) is 5.41 Å². The van der Waals surface area contributed by atoms with Crippen LogP contribution in [0.15, 0.2) is 43.0 Å². The van der Waals surface area contributed by atoms with Crippen LogP contribution in [0.2, 0.25) is 0 Å². The topological polar surface area (TPSA) is 42.9 Å². The molecule has 0 radical (unpaired) electrons. The van der Waals surface area contributed by atoms with Crippen LogP contribution in [-0.2, 0) is 0 Å². The Balaban J connectivity index is 1.97. The number of nitrogens with zero attached hydrogens (tertiary/aromatic N) is 2. The summed E-state index contributed by atoms with van der Waals surface area (Å²) in [5.41, 5.74) is 3.06. The smallest absolute Gasteiger partial charge is 0.162 e. The molecule has 0 aliphatic carbocycles. The lowest BCUT2D eigenvalue weighted by atomic mass is 9.89. The van der Waals surface area contributed by atoms with Gasteiger partial charge in [0.25, 0.3) is 0 Å². The van der Waals surface area contributed by atoms with E-state index in [1.807, 2.05) is 24.3 Å². The van der Waals surface area contributed by atoms with Gasteiger partial charge in [-0.15, -0.1) is 0 Å². The third-order valence-corrected chi connectivity index (χ3v) is 3.43. The number of Topliss-reactive ketones (excluding diaryl/α,β-unsaturated/α-hetero) is 1. The maximum atomic E-state index is 12.2. The van der Waals surface area contributed by atoms with Crippen LogP contribution in [0, 0.1) is 5.41 Å². The van der Waals surface area contributed by atoms with Crippen LogP contribution in [0.25, 0.3) is 11.1 Å². The van der Waals surface area contributed by atoms with Gasteiger partial charge in [-0.2, -0.15) is 0 Å². The molecule has 110 valence electrons. The number of rotatable bonds is 5. The number of benzene rings is 1. The molecule has 0 atom stereocenters. The number of hydrogen-bond donors (Lipinski definition) is 0. The zero-order chi connectivity index (χ0) is 15.3. The first-order valence-electron chi connectivity index (χ1n) is 7.34. The molecule has 1 heterocycles. The van der Waals surface area contributed by atoms with Crippen LogP contribution in [0.5, 0.6) is 0 Å². The quantitative estimate of drug-likeness (QED) is 0.756. The van der Waals surface area contributed by atoms with E-state index in [-0.39, 0.29) is 11.2 Å². The van der Waals surface area contributed by atoms with Crippen molar-refractivity contribution in [2.45, 2.75) is 40.0 Å². The fraction of sp³-hybridized carbons (Fsp3) is 0.389. The third-order valence-electron chi connectivity index (χ3n) is 3.43. The van der Waals surface area contributed by atoms with Gasteiger partial charge in [0.05, 0.1) is 0 Å². The van der Waals surface area contributed by atoms with E-state index < -0.39 is 0 Å². The van der Waals surface area contributed by atoms with Gasteiger partial charge in [-0.25, -0.2) is 9.97 Å². The zero-order valence-corrected chi connectivity index (χ0v) is 13.0. The lowest BCUT2D eigenvalue weighted by Gasteiger charge is -2.17. The van der Waals surface area contributed by atoms with Crippen molar-refractivity contribution in [1.82, 2.24) is 9.97 Å². The summed E-state index contributed by atoms with van der Waals surface area (Å²) < 4.78 is 0. The standard InChI is InChI=1S/C18H22N2O/c1-18(2,3)10-4-5-17(21)15-8-6-14(7-9-15)16-11-19-13-20-12-16/h6-9,11-13H,4-5,10H2,1-3H3. The number of carbonyl (C=O) groups excluding carboxylic acids is 1. The molecule has 0 saturated carbocycles. The molecule has 0 aliphatic rings. The molecule has 3 nitrogen and oxygen atoms in total. The van der Waals surface area contributed by atoms with Gasteiger partial charge in [-0.05, 0) is 23.8 Å². The molecule has 1 aromatic heterocycles. The Morgan fingerprint density at radius 1 is 1.00 bits per heavy atom. The fourth-order valence-corrected chi connectivity index (χ4v) is 2.22. The van der Waals surface area contributed by atoms with E-state index in [4.69, 9.17) is 0 Å². The van der Waals surface area contributed by atoms with Crippen LogP contribution in [0.4, 0.5) is 0 Å². The van der Waals surface area contributed by atoms with E-state index in [0.717, 1.165) is 29.5 Å². The molecular formula is C18H22N2O. The monoisotopic (exact) mass is 282 g/mol. The van der Waals surface area contributed by atoms with E-state index in [1.54, 1.807) is 12.4 Å². The van der Waals surface area contributed by atoms with Crippen molar-refractivity contribution in [3.8, 4) is 11.1 Å². The van der Waals surface area contributed by atoms with Gasteiger partial charge in [0, 0.05) is 29.9 Å². The molecular weight excluding hydrogens is 260 g/mol. The summed E-state index contributed by atoms with van der Waals surface area (Å²) in [6.45, 7) is 6.61. The van der Waals surface area contributed by atoms with Gasteiger partial charge < -0.3 is 0 Å². The molecule has 0 N–H and O–H groups in total. The lowest BCUT2D eigenvalue weighted by Crippen LogP contribution is -2.06. The van der Waals surface area contributed by atoms with Crippen LogP contribution >= 0.6 is 0 Å². The van der Waals surface area contributed by atoms with E-state index in [2.05, 4.69) is 30.7 Å². The molecule has 0 aliphatic heterocycles. The maximum Gasteiger partial charge on any atom is 0.162 e. The minimum Gasteiger partial charge on any atom is -0.294 e. The van der Waals surface area contributed by atoms with E-state index in [0.29, 0.717) is 6.42 Å². The molecule has 0 fully saturated rings. The Morgan fingerprint density at radius 2 is 1.62 bits per heavy atom. The first kappa shape index (κ1) is 15.4. The molecule has 21 heavy (non-hydrogen) atoms. The van der Waals surface area contributed by atoms with Crippen molar-refractivity contribution in [1.29, 1.82) is 0 Å². The highest BCUT2D eigenvalue weighted by Crippen LogP contribution is 2.23. The predicted octanol–water partition coefficient (Wildman–Crippen LogP) is 4.54. The van der Waals surface area contributed by atoms with Crippen molar-refractivity contribution in [2.75, 3.05) is 0 Å². The number of carbonyl (C=O) groups is 1. The van der Waals surface area contributed by atoms with Crippen molar-refractivity contribution < 1.29 is 4.79 Å². The Labute approximate surface area is 126 Å². The minimum atomic E-state index is 0.218. The van der Waals surface area contributed by atoms with Gasteiger partial charge in [0.2, 0.25) is 0 Å². The van der Waals surface area contributed by atoms with Crippen molar-refractivity contribution in [3.05, 3.63) is 48.5 Å². The van der Waals surface area contributed by atoms with Gasteiger partial charge in [0.15, 0.2) is 5.78 Å². The average molecular weight is 282 g/mol. The molecule has 3 heteroatoms. The fourth-order valence-electron chi connectivity index (χ4n) is 2.22. The molecule has 0 saturated heterocycles. The molecule has 0 unspecified atom stereocenters. The molecule has 1 aromatic carbocycles. The van der Waals surface area contributed by atoms with E-state index in [1.165, 1.54) is 6.33 Å². The summed E-state index contributed by atoms with van der Waals surface area (Å²) in [6, 6.07) is 7.69. The normalized spacial score (nSPS) is 11.4. The van der Waals surface area contributed by atoms with Gasteiger partial charge in [-0.1, -0.05) is 45.0 Å². The Bertz CT molecular complexity index is 583. The lowest BCUT2D eigenvalue weighted by molar-refractivity contribution is 0.0976. The van der Waals surface area contributed by atoms with Crippen LogP contribution in [0.1, 0.15) is 50.4 Å². The van der Waals surface area contributed by atoms with Crippen LogP contribution < -0.4 is 0 Å².